The molecular weight excluding hydrogens is 300 g/mol. The first-order valence-electron chi connectivity index (χ1n) is 9.76. The van der Waals surface area contributed by atoms with E-state index in [1.54, 1.807) is 0 Å². The highest BCUT2D eigenvalue weighted by atomic mass is 16.5. The first-order valence-corrected chi connectivity index (χ1v) is 9.76. The molecule has 132 valence electrons. The molecule has 3 heteroatoms. The van der Waals surface area contributed by atoms with Crippen LogP contribution in [0.25, 0.3) is 0 Å². The molecule has 3 nitrogen and oxygen atoms in total. The van der Waals surface area contributed by atoms with Gasteiger partial charge in [0.25, 0.3) is 0 Å². The number of fused-ring (bicyclic) bond motifs is 5. The van der Waals surface area contributed by atoms with Crippen LogP contribution in [0.5, 0.6) is 0 Å². The second kappa shape index (κ2) is 5.44. The van der Waals surface area contributed by atoms with Crippen LogP contribution >= 0.6 is 0 Å². The molecule has 3 fully saturated rings. The summed E-state index contributed by atoms with van der Waals surface area (Å²) in [6, 6.07) is 0. The van der Waals surface area contributed by atoms with E-state index in [1.165, 1.54) is 51.0 Å². The SMILES string of the molecule is CC(=O)OC1C[C@@]2(C)C(=CC1=O)CC[C@H]1[C@@H]3CCC[C@@]3(C)CC[C@@H]12. The lowest BCUT2D eigenvalue weighted by Gasteiger charge is -2.57. The molecule has 24 heavy (non-hydrogen) atoms. The van der Waals surface area contributed by atoms with Crippen molar-refractivity contribution < 1.29 is 14.3 Å². The van der Waals surface area contributed by atoms with Gasteiger partial charge in [0.1, 0.15) is 0 Å². The van der Waals surface area contributed by atoms with Crippen LogP contribution in [-0.4, -0.2) is 17.9 Å². The molecule has 0 aromatic carbocycles. The molecule has 1 unspecified atom stereocenters. The van der Waals surface area contributed by atoms with Gasteiger partial charge in [0.2, 0.25) is 0 Å². The van der Waals surface area contributed by atoms with Crippen molar-refractivity contribution >= 4 is 11.8 Å². The molecule has 0 aliphatic heterocycles. The molecule has 6 atom stereocenters. The number of allylic oxidation sites excluding steroid dienone is 1. The third-order valence-electron chi connectivity index (χ3n) is 8.07. The largest absolute Gasteiger partial charge is 0.454 e. The predicted molar refractivity (Wildman–Crippen MR) is 92.3 cm³/mol. The Hall–Kier alpha value is -1.12. The molecule has 0 spiro atoms. The number of carbonyl (C=O) groups is 2. The Labute approximate surface area is 145 Å². The molecule has 0 heterocycles. The van der Waals surface area contributed by atoms with Gasteiger partial charge >= 0.3 is 5.97 Å². The number of hydrogen-bond acceptors (Lipinski definition) is 3. The average molecular weight is 330 g/mol. The van der Waals surface area contributed by atoms with Crippen molar-refractivity contribution in [3.8, 4) is 0 Å². The van der Waals surface area contributed by atoms with E-state index in [4.69, 9.17) is 4.74 Å². The summed E-state index contributed by atoms with van der Waals surface area (Å²) < 4.78 is 5.37. The summed E-state index contributed by atoms with van der Waals surface area (Å²) in [4.78, 5) is 23.8. The second-order valence-electron chi connectivity index (χ2n) is 9.29. The molecule has 4 aliphatic rings. The zero-order valence-corrected chi connectivity index (χ0v) is 15.3. The van der Waals surface area contributed by atoms with Crippen molar-refractivity contribution in [2.75, 3.05) is 0 Å². The van der Waals surface area contributed by atoms with Gasteiger partial charge in [0.05, 0.1) is 0 Å². The molecule has 3 saturated carbocycles. The van der Waals surface area contributed by atoms with E-state index >= 15 is 0 Å². The van der Waals surface area contributed by atoms with Gasteiger partial charge in [-0.2, -0.15) is 0 Å². The van der Waals surface area contributed by atoms with E-state index in [-0.39, 0.29) is 17.2 Å². The third kappa shape index (κ3) is 2.30. The Morgan fingerprint density at radius 2 is 1.96 bits per heavy atom. The predicted octanol–water partition coefficient (Wildman–Crippen LogP) is 4.45. The highest BCUT2D eigenvalue weighted by molar-refractivity contribution is 5.96. The number of ketones is 1. The minimum absolute atomic E-state index is 0.00219. The molecular formula is C21H30O3. The zero-order chi connectivity index (χ0) is 17.1. The lowest BCUT2D eigenvalue weighted by atomic mass is 9.47. The maximum Gasteiger partial charge on any atom is 0.303 e. The Balaban J connectivity index is 1.65. The van der Waals surface area contributed by atoms with Crippen LogP contribution in [0.2, 0.25) is 0 Å². The summed E-state index contributed by atoms with van der Waals surface area (Å²) in [5.41, 5.74) is 1.93. The summed E-state index contributed by atoms with van der Waals surface area (Å²) in [5.74, 6) is 1.96. The van der Waals surface area contributed by atoms with Crippen LogP contribution in [0, 0.1) is 28.6 Å². The first kappa shape index (κ1) is 16.4. The minimum Gasteiger partial charge on any atom is -0.454 e. The van der Waals surface area contributed by atoms with Gasteiger partial charge in [-0.15, -0.1) is 0 Å². The van der Waals surface area contributed by atoms with Crippen molar-refractivity contribution in [3.63, 3.8) is 0 Å². The number of carbonyl (C=O) groups excluding carboxylic acids is 2. The van der Waals surface area contributed by atoms with E-state index < -0.39 is 6.10 Å². The van der Waals surface area contributed by atoms with Gasteiger partial charge in [-0.3, -0.25) is 9.59 Å². The quantitative estimate of drug-likeness (QED) is 0.667. The van der Waals surface area contributed by atoms with Crippen molar-refractivity contribution in [2.45, 2.75) is 78.2 Å². The third-order valence-corrected chi connectivity index (χ3v) is 8.07. The highest BCUT2D eigenvalue weighted by Crippen LogP contribution is 2.65. The Morgan fingerprint density at radius 3 is 2.71 bits per heavy atom. The second-order valence-corrected chi connectivity index (χ2v) is 9.29. The summed E-state index contributed by atoms with van der Waals surface area (Å²) in [5, 5.41) is 0. The fraction of sp³-hybridized carbons (Fsp3) is 0.810. The van der Waals surface area contributed by atoms with E-state index in [2.05, 4.69) is 13.8 Å². The van der Waals surface area contributed by atoms with Crippen LogP contribution in [-0.2, 0) is 14.3 Å². The van der Waals surface area contributed by atoms with Crippen molar-refractivity contribution in [2.24, 2.45) is 28.6 Å². The average Bonchev–Trinajstić information content (AvgIpc) is 2.90. The van der Waals surface area contributed by atoms with Gasteiger partial charge in [-0.1, -0.05) is 25.8 Å². The Kier molecular flexibility index (Phi) is 3.71. The molecule has 0 bridgehead atoms. The molecule has 0 aromatic rings. The molecule has 0 N–H and O–H groups in total. The van der Waals surface area contributed by atoms with Crippen molar-refractivity contribution in [1.82, 2.24) is 0 Å². The number of rotatable bonds is 1. The fourth-order valence-corrected chi connectivity index (χ4v) is 6.89. The maximum absolute atomic E-state index is 12.4. The summed E-state index contributed by atoms with van der Waals surface area (Å²) in [6.45, 7) is 6.26. The topological polar surface area (TPSA) is 43.4 Å². The highest BCUT2D eigenvalue weighted by Gasteiger charge is 2.57. The lowest BCUT2D eigenvalue weighted by Crippen LogP contribution is -2.51. The van der Waals surface area contributed by atoms with Crippen LogP contribution in [0.1, 0.15) is 72.1 Å². The smallest absolute Gasteiger partial charge is 0.303 e. The van der Waals surface area contributed by atoms with Crippen LogP contribution in [0.4, 0.5) is 0 Å². The molecule has 0 radical (unpaired) electrons. The van der Waals surface area contributed by atoms with E-state index in [1.807, 2.05) is 6.08 Å². The summed E-state index contributed by atoms with van der Waals surface area (Å²) in [6.07, 6.45) is 11.0. The Morgan fingerprint density at radius 1 is 1.17 bits per heavy atom. The van der Waals surface area contributed by atoms with Gasteiger partial charge < -0.3 is 4.74 Å². The van der Waals surface area contributed by atoms with Crippen LogP contribution in [0.3, 0.4) is 0 Å². The van der Waals surface area contributed by atoms with E-state index in [0.717, 1.165) is 18.3 Å². The molecule has 0 amide bonds. The first-order chi connectivity index (χ1) is 11.3. The molecule has 4 aliphatic carbocycles. The van der Waals surface area contributed by atoms with Crippen LogP contribution < -0.4 is 0 Å². The molecule has 0 aromatic heterocycles. The normalized spacial score (nSPS) is 47.3. The van der Waals surface area contributed by atoms with Gasteiger partial charge in [0, 0.05) is 13.3 Å². The summed E-state index contributed by atoms with van der Waals surface area (Å²) in [7, 11) is 0. The van der Waals surface area contributed by atoms with Crippen molar-refractivity contribution in [1.29, 1.82) is 0 Å². The monoisotopic (exact) mass is 330 g/mol. The number of esters is 1. The lowest BCUT2D eigenvalue weighted by molar-refractivity contribution is -0.155. The summed E-state index contributed by atoms with van der Waals surface area (Å²) >= 11 is 0. The number of hydrogen-bond donors (Lipinski definition) is 0. The van der Waals surface area contributed by atoms with Crippen LogP contribution in [0.15, 0.2) is 11.6 Å². The Bertz CT molecular complexity index is 606. The van der Waals surface area contributed by atoms with E-state index in [0.29, 0.717) is 17.8 Å². The standard InChI is InChI=1S/C21H30O3/c1-13(22)24-19-12-21(3)14(11-18(19)23)6-7-15-16-5-4-9-20(16,2)10-8-17(15)21/h11,15-17,19H,4-10,12H2,1-3H3/t15-,16-,17-,19?,20-,21-/m0/s1. The number of ether oxygens (including phenoxy) is 1. The maximum atomic E-state index is 12.4. The zero-order valence-electron chi connectivity index (χ0n) is 15.3. The van der Waals surface area contributed by atoms with Gasteiger partial charge in [-0.25, -0.2) is 0 Å². The van der Waals surface area contributed by atoms with Crippen molar-refractivity contribution in [3.05, 3.63) is 11.6 Å². The minimum atomic E-state index is -0.563. The fourth-order valence-electron chi connectivity index (χ4n) is 6.89. The van der Waals surface area contributed by atoms with Gasteiger partial charge in [-0.05, 0) is 73.2 Å². The molecule has 0 saturated heterocycles. The molecule has 4 rings (SSSR count). The van der Waals surface area contributed by atoms with Gasteiger partial charge in [0.15, 0.2) is 11.9 Å². The van der Waals surface area contributed by atoms with E-state index in [9.17, 15) is 9.59 Å².